The van der Waals surface area contributed by atoms with Crippen LogP contribution in [0, 0.1) is 5.92 Å². The number of hydrogen-bond acceptors (Lipinski definition) is 0. The van der Waals surface area contributed by atoms with Crippen LogP contribution in [0.4, 0.5) is 0 Å². The Hall–Kier alpha value is -0.260. The summed E-state index contributed by atoms with van der Waals surface area (Å²) in [5, 5.41) is 0. The summed E-state index contributed by atoms with van der Waals surface area (Å²) in [6, 6.07) is 0. The molecule has 1 aliphatic rings. The van der Waals surface area contributed by atoms with E-state index in [0.29, 0.717) is 0 Å². The number of unbranched alkanes of at least 4 members (excludes halogenated alkanes) is 8. The monoisotopic (exact) mass is 294 g/mol. The van der Waals surface area contributed by atoms with Crippen LogP contribution in [-0.2, 0) is 0 Å². The Morgan fingerprint density at radius 3 is 1.48 bits per heavy atom. The summed E-state index contributed by atoms with van der Waals surface area (Å²) in [7, 11) is 0. The van der Waals surface area contributed by atoms with Gasteiger partial charge in [0.25, 0.3) is 0 Å². The zero-order valence-corrected chi connectivity index (χ0v) is 15.3. The molecule has 21 heavy (non-hydrogen) atoms. The molecular formula is C21H42. The van der Waals surface area contributed by atoms with Gasteiger partial charge in [0.1, 0.15) is 0 Å². The first-order valence-electron chi connectivity index (χ1n) is 10.00. The minimum atomic E-state index is 1.13. The molecule has 0 amide bonds. The molecule has 0 unspecified atom stereocenters. The molecule has 0 aromatic heterocycles. The minimum absolute atomic E-state index is 1.13. The first-order valence-corrected chi connectivity index (χ1v) is 10.00. The van der Waals surface area contributed by atoms with Gasteiger partial charge in [-0.2, -0.15) is 0 Å². The third-order valence-corrected chi connectivity index (χ3v) is 4.54. The van der Waals surface area contributed by atoms with Crippen LogP contribution >= 0.6 is 0 Å². The summed E-state index contributed by atoms with van der Waals surface area (Å²) in [5.74, 6) is 1.13. The number of hydrogen-bond donors (Lipinski definition) is 0. The molecule has 126 valence electrons. The summed E-state index contributed by atoms with van der Waals surface area (Å²) in [4.78, 5) is 0. The molecule has 0 aromatic carbocycles. The van der Waals surface area contributed by atoms with E-state index in [-0.39, 0.29) is 0 Å². The van der Waals surface area contributed by atoms with Gasteiger partial charge in [0.2, 0.25) is 0 Å². The van der Waals surface area contributed by atoms with E-state index < -0.39 is 0 Å². The Kier molecular flexibility index (Phi) is 17.6. The second kappa shape index (κ2) is 17.8. The fourth-order valence-electron chi connectivity index (χ4n) is 2.80. The topological polar surface area (TPSA) is 0 Å². The van der Waals surface area contributed by atoms with Crippen molar-refractivity contribution in [3.05, 3.63) is 12.2 Å². The van der Waals surface area contributed by atoms with Gasteiger partial charge in [0.05, 0.1) is 0 Å². The largest absolute Gasteiger partial charge is 0.0885 e. The van der Waals surface area contributed by atoms with Crippen molar-refractivity contribution in [2.75, 3.05) is 0 Å². The van der Waals surface area contributed by atoms with Gasteiger partial charge in [-0.3, -0.25) is 0 Å². The van der Waals surface area contributed by atoms with Crippen molar-refractivity contribution >= 4 is 0 Å². The summed E-state index contributed by atoms with van der Waals surface area (Å²) >= 11 is 0. The van der Waals surface area contributed by atoms with Gasteiger partial charge < -0.3 is 0 Å². The van der Waals surface area contributed by atoms with Crippen LogP contribution in [0.25, 0.3) is 0 Å². The highest BCUT2D eigenvalue weighted by atomic mass is 14.2. The lowest BCUT2D eigenvalue weighted by Crippen LogP contribution is -2.09. The van der Waals surface area contributed by atoms with Crippen molar-refractivity contribution in [3.63, 3.8) is 0 Å². The molecule has 0 N–H and O–H groups in total. The van der Waals surface area contributed by atoms with Gasteiger partial charge in [0, 0.05) is 0 Å². The van der Waals surface area contributed by atoms with Crippen LogP contribution in [0.3, 0.4) is 0 Å². The van der Waals surface area contributed by atoms with E-state index in [2.05, 4.69) is 32.9 Å². The van der Waals surface area contributed by atoms with Crippen LogP contribution in [-0.4, -0.2) is 0 Å². The van der Waals surface area contributed by atoms with Crippen LogP contribution in [0.15, 0.2) is 12.2 Å². The summed E-state index contributed by atoms with van der Waals surface area (Å²) in [5.41, 5.74) is 0. The maximum absolute atomic E-state index is 2.38. The van der Waals surface area contributed by atoms with E-state index in [0.717, 1.165) is 5.92 Å². The van der Waals surface area contributed by atoms with E-state index in [9.17, 15) is 0 Å². The smallest absolute Gasteiger partial charge is 0.0351 e. The van der Waals surface area contributed by atoms with Crippen molar-refractivity contribution in [3.8, 4) is 0 Å². The Balaban J connectivity index is 0.000000471. The third-order valence-electron chi connectivity index (χ3n) is 4.54. The maximum atomic E-state index is 2.38. The van der Waals surface area contributed by atoms with E-state index in [4.69, 9.17) is 0 Å². The zero-order chi connectivity index (χ0) is 15.6. The van der Waals surface area contributed by atoms with Crippen molar-refractivity contribution in [1.82, 2.24) is 0 Å². The van der Waals surface area contributed by atoms with Crippen molar-refractivity contribution in [1.29, 1.82) is 0 Å². The third kappa shape index (κ3) is 15.9. The SMILES string of the molecule is CCCC1CCC1.CCCCCC/C=C/CCCCCC. The molecule has 1 aliphatic carbocycles. The first-order chi connectivity index (χ1) is 10.3. The van der Waals surface area contributed by atoms with Crippen LogP contribution in [0.2, 0.25) is 0 Å². The molecular weight excluding hydrogens is 252 g/mol. The Bertz CT molecular complexity index is 186. The Labute approximate surface area is 135 Å². The lowest BCUT2D eigenvalue weighted by molar-refractivity contribution is 0.294. The van der Waals surface area contributed by atoms with Crippen LogP contribution in [0.5, 0.6) is 0 Å². The molecule has 1 rings (SSSR count). The van der Waals surface area contributed by atoms with E-state index in [1.54, 1.807) is 0 Å². The average molecular weight is 295 g/mol. The fourth-order valence-corrected chi connectivity index (χ4v) is 2.80. The number of allylic oxidation sites excluding steroid dienone is 2. The van der Waals surface area contributed by atoms with Crippen molar-refractivity contribution in [2.24, 2.45) is 5.92 Å². The van der Waals surface area contributed by atoms with Gasteiger partial charge in [-0.15, -0.1) is 0 Å². The van der Waals surface area contributed by atoms with Crippen LogP contribution in [0.1, 0.15) is 117 Å². The molecule has 0 heterocycles. The highest BCUT2D eigenvalue weighted by molar-refractivity contribution is 4.81. The van der Waals surface area contributed by atoms with E-state index in [1.165, 1.54) is 96.3 Å². The fraction of sp³-hybridized carbons (Fsp3) is 0.905. The van der Waals surface area contributed by atoms with E-state index in [1.807, 2.05) is 0 Å². The van der Waals surface area contributed by atoms with Crippen molar-refractivity contribution < 1.29 is 0 Å². The van der Waals surface area contributed by atoms with Crippen molar-refractivity contribution in [2.45, 2.75) is 117 Å². The molecule has 0 nitrogen and oxygen atoms in total. The quantitative estimate of drug-likeness (QED) is 0.252. The second-order valence-corrected chi connectivity index (χ2v) is 6.76. The van der Waals surface area contributed by atoms with E-state index >= 15 is 0 Å². The molecule has 0 saturated heterocycles. The standard InChI is InChI=1S/C14H28.C7H14/c1-3-5-7-9-11-13-14-12-10-8-6-4-2;1-2-4-7-5-3-6-7/h13-14H,3-12H2,1-2H3;7H,2-6H2,1H3/b14-13+;. The van der Waals surface area contributed by atoms with Gasteiger partial charge in [-0.1, -0.05) is 104 Å². The normalized spacial score (nSPS) is 14.8. The highest BCUT2D eigenvalue weighted by Crippen LogP contribution is 2.29. The highest BCUT2D eigenvalue weighted by Gasteiger charge is 2.14. The first kappa shape index (κ1) is 20.7. The maximum Gasteiger partial charge on any atom is -0.0351 e. The molecule has 0 aromatic rings. The summed E-state index contributed by atoms with van der Waals surface area (Å²) in [6.07, 6.45) is 25.9. The molecule has 0 aliphatic heterocycles. The predicted molar refractivity (Wildman–Crippen MR) is 98.9 cm³/mol. The molecule has 0 bridgehead atoms. The Morgan fingerprint density at radius 1 is 0.667 bits per heavy atom. The summed E-state index contributed by atoms with van der Waals surface area (Å²) < 4.78 is 0. The Morgan fingerprint density at radius 2 is 1.19 bits per heavy atom. The van der Waals surface area contributed by atoms with Gasteiger partial charge >= 0.3 is 0 Å². The summed E-state index contributed by atoms with van der Waals surface area (Å²) in [6.45, 7) is 6.81. The molecule has 0 heteroatoms. The molecule has 1 fully saturated rings. The molecule has 0 atom stereocenters. The second-order valence-electron chi connectivity index (χ2n) is 6.76. The molecule has 1 saturated carbocycles. The molecule has 0 spiro atoms. The van der Waals surface area contributed by atoms with Gasteiger partial charge in [0.15, 0.2) is 0 Å². The average Bonchev–Trinajstić information content (AvgIpc) is 2.46. The predicted octanol–water partition coefficient (Wildman–Crippen LogP) is 8.07. The van der Waals surface area contributed by atoms with Gasteiger partial charge in [-0.05, 0) is 31.6 Å². The van der Waals surface area contributed by atoms with Crippen LogP contribution < -0.4 is 0 Å². The molecule has 0 radical (unpaired) electrons. The lowest BCUT2D eigenvalue weighted by Gasteiger charge is -2.24. The lowest BCUT2D eigenvalue weighted by atomic mass is 9.82. The zero-order valence-electron chi connectivity index (χ0n) is 15.3. The minimum Gasteiger partial charge on any atom is -0.0885 e. The number of rotatable bonds is 12. The van der Waals surface area contributed by atoms with Gasteiger partial charge in [-0.25, -0.2) is 0 Å².